The Morgan fingerprint density at radius 1 is 0.900 bits per heavy atom. The summed E-state index contributed by atoms with van der Waals surface area (Å²) < 4.78 is 40.6. The van der Waals surface area contributed by atoms with Gasteiger partial charge in [-0.3, -0.25) is 4.79 Å². The highest BCUT2D eigenvalue weighted by molar-refractivity contribution is 7.17. The molecule has 0 atom stereocenters. The maximum atomic E-state index is 13.7. The van der Waals surface area contributed by atoms with E-state index in [1.807, 2.05) is 12.1 Å². The van der Waals surface area contributed by atoms with Crippen molar-refractivity contribution in [2.45, 2.75) is 0 Å². The predicted molar refractivity (Wildman–Crippen MR) is 71.6 cm³/mol. The third-order valence-corrected chi connectivity index (χ3v) is 3.97. The summed E-state index contributed by atoms with van der Waals surface area (Å²) in [6.07, 6.45) is 0. The summed E-state index contributed by atoms with van der Waals surface area (Å²) in [5.41, 5.74) is -0.178. The maximum Gasteiger partial charge on any atom is 0.197 e. The molecule has 0 aliphatic carbocycles. The Balaban J connectivity index is 2.16. The molecule has 0 unspecified atom stereocenters. The van der Waals surface area contributed by atoms with E-state index in [-0.39, 0.29) is 5.56 Å². The summed E-state index contributed by atoms with van der Waals surface area (Å²) in [5.74, 6) is -5.05. The van der Waals surface area contributed by atoms with Crippen LogP contribution in [-0.2, 0) is 0 Å². The molecule has 3 rings (SSSR count). The van der Waals surface area contributed by atoms with Gasteiger partial charge in [0.05, 0.1) is 5.56 Å². The molecule has 0 saturated heterocycles. The molecular weight excluding hydrogens is 285 g/mol. The Kier molecular flexibility index (Phi) is 3.06. The van der Waals surface area contributed by atoms with Crippen LogP contribution in [0, 0.1) is 17.5 Å². The average Bonchev–Trinajstić information content (AvgIpc) is 2.88. The summed E-state index contributed by atoms with van der Waals surface area (Å²) >= 11 is 1.34. The molecule has 0 aliphatic heterocycles. The van der Waals surface area contributed by atoms with Crippen LogP contribution in [0.15, 0.2) is 41.8 Å². The molecule has 0 saturated carbocycles. The zero-order chi connectivity index (χ0) is 14.3. The van der Waals surface area contributed by atoms with Gasteiger partial charge in [0.15, 0.2) is 23.2 Å². The van der Waals surface area contributed by atoms with E-state index in [9.17, 15) is 18.0 Å². The van der Waals surface area contributed by atoms with Crippen molar-refractivity contribution in [1.82, 2.24) is 0 Å². The van der Waals surface area contributed by atoms with E-state index in [2.05, 4.69) is 0 Å². The van der Waals surface area contributed by atoms with Gasteiger partial charge in [-0.2, -0.15) is 0 Å². The Morgan fingerprint density at radius 2 is 1.65 bits per heavy atom. The Hall–Kier alpha value is -2.14. The minimum Gasteiger partial charge on any atom is -0.288 e. The van der Waals surface area contributed by atoms with Crippen molar-refractivity contribution < 1.29 is 18.0 Å². The van der Waals surface area contributed by atoms with Crippen LogP contribution in [0.2, 0.25) is 0 Å². The Morgan fingerprint density at radius 3 is 2.45 bits per heavy atom. The fourth-order valence-electron chi connectivity index (χ4n) is 2.00. The molecule has 0 amide bonds. The number of thiophene rings is 1. The second-order valence-corrected chi connectivity index (χ2v) is 5.11. The topological polar surface area (TPSA) is 17.1 Å². The summed E-state index contributed by atoms with van der Waals surface area (Å²) in [6.45, 7) is 0. The van der Waals surface area contributed by atoms with Gasteiger partial charge in [-0.25, -0.2) is 13.2 Å². The molecule has 5 heteroatoms. The Bertz CT molecular complexity index is 823. The fraction of sp³-hybridized carbons (Fsp3) is 0. The van der Waals surface area contributed by atoms with Crippen molar-refractivity contribution in [3.05, 3.63) is 70.4 Å². The number of hydrogen-bond donors (Lipinski definition) is 0. The predicted octanol–water partition coefficient (Wildman–Crippen LogP) is 4.55. The number of fused-ring (bicyclic) bond motifs is 1. The summed E-state index contributed by atoms with van der Waals surface area (Å²) in [4.78, 5) is 12.3. The van der Waals surface area contributed by atoms with Gasteiger partial charge < -0.3 is 0 Å². The molecule has 1 heterocycles. The highest BCUT2D eigenvalue weighted by atomic mass is 32.1. The van der Waals surface area contributed by atoms with Crippen LogP contribution in [0.4, 0.5) is 13.2 Å². The van der Waals surface area contributed by atoms with Crippen LogP contribution in [-0.4, -0.2) is 5.78 Å². The van der Waals surface area contributed by atoms with Crippen LogP contribution in [0.25, 0.3) is 10.1 Å². The first kappa shape index (κ1) is 12.9. The monoisotopic (exact) mass is 292 g/mol. The first-order valence-corrected chi connectivity index (χ1v) is 6.62. The van der Waals surface area contributed by atoms with Crippen LogP contribution >= 0.6 is 11.3 Å². The van der Waals surface area contributed by atoms with E-state index in [0.717, 1.165) is 16.8 Å². The molecule has 1 aromatic heterocycles. The lowest BCUT2D eigenvalue weighted by Gasteiger charge is -2.03. The zero-order valence-electron chi connectivity index (χ0n) is 9.99. The first-order valence-electron chi connectivity index (χ1n) is 5.74. The van der Waals surface area contributed by atoms with Crippen molar-refractivity contribution in [2.24, 2.45) is 0 Å². The van der Waals surface area contributed by atoms with Crippen molar-refractivity contribution in [1.29, 1.82) is 0 Å². The molecule has 0 spiro atoms. The van der Waals surface area contributed by atoms with E-state index in [1.54, 1.807) is 17.5 Å². The van der Waals surface area contributed by atoms with Crippen LogP contribution in [0.3, 0.4) is 0 Å². The molecule has 20 heavy (non-hydrogen) atoms. The van der Waals surface area contributed by atoms with Gasteiger partial charge >= 0.3 is 0 Å². The van der Waals surface area contributed by atoms with Gasteiger partial charge in [-0.05, 0) is 18.2 Å². The number of carbonyl (C=O) groups excluding carboxylic acids is 1. The number of carbonyl (C=O) groups is 1. The molecule has 1 nitrogen and oxygen atoms in total. The number of halogens is 3. The molecule has 0 N–H and O–H groups in total. The van der Waals surface area contributed by atoms with Crippen molar-refractivity contribution in [3.8, 4) is 0 Å². The highest BCUT2D eigenvalue weighted by Crippen LogP contribution is 2.28. The third-order valence-electron chi connectivity index (χ3n) is 3.01. The lowest BCUT2D eigenvalue weighted by atomic mass is 10.0. The number of benzene rings is 2. The maximum absolute atomic E-state index is 13.7. The van der Waals surface area contributed by atoms with E-state index in [1.165, 1.54) is 11.3 Å². The van der Waals surface area contributed by atoms with Crippen LogP contribution < -0.4 is 0 Å². The van der Waals surface area contributed by atoms with Gasteiger partial charge in [-0.15, -0.1) is 11.3 Å². The normalized spacial score (nSPS) is 10.9. The molecular formula is C15H7F3OS. The summed E-state index contributed by atoms with van der Waals surface area (Å²) in [5, 5.41) is 2.26. The highest BCUT2D eigenvalue weighted by Gasteiger charge is 2.21. The Labute approximate surface area is 116 Å². The largest absolute Gasteiger partial charge is 0.288 e. The second kappa shape index (κ2) is 4.76. The van der Waals surface area contributed by atoms with Gasteiger partial charge in [0, 0.05) is 21.0 Å². The first-order chi connectivity index (χ1) is 9.59. The quantitative estimate of drug-likeness (QED) is 0.500. The molecule has 0 aliphatic rings. The van der Waals surface area contributed by atoms with Crippen LogP contribution in [0.5, 0.6) is 0 Å². The minimum absolute atomic E-state index is 0.288. The van der Waals surface area contributed by atoms with Gasteiger partial charge in [0.2, 0.25) is 0 Å². The molecule has 3 aromatic rings. The van der Waals surface area contributed by atoms with Crippen molar-refractivity contribution in [2.75, 3.05) is 0 Å². The fourth-order valence-corrected chi connectivity index (χ4v) is 2.94. The lowest BCUT2D eigenvalue weighted by Crippen LogP contribution is -2.06. The molecule has 100 valence electrons. The molecule has 0 fully saturated rings. The average molecular weight is 292 g/mol. The standard InChI is InChI=1S/C15H7F3OS/c16-11-6-5-9(13(17)14(11)18)15(19)10-7-20-12-4-2-1-3-8(10)12/h1-7H. The lowest BCUT2D eigenvalue weighted by molar-refractivity contribution is 0.103. The van der Waals surface area contributed by atoms with Gasteiger partial charge in [0.1, 0.15) is 0 Å². The zero-order valence-corrected chi connectivity index (χ0v) is 10.8. The van der Waals surface area contributed by atoms with Crippen molar-refractivity contribution in [3.63, 3.8) is 0 Å². The summed E-state index contributed by atoms with van der Waals surface area (Å²) in [6, 6.07) is 8.86. The smallest absolute Gasteiger partial charge is 0.197 e. The molecule has 0 bridgehead atoms. The van der Waals surface area contributed by atoms with Crippen LogP contribution in [0.1, 0.15) is 15.9 Å². The van der Waals surface area contributed by atoms with E-state index in [4.69, 9.17) is 0 Å². The SMILES string of the molecule is O=C(c1ccc(F)c(F)c1F)c1csc2ccccc12. The van der Waals surface area contributed by atoms with Gasteiger partial charge in [-0.1, -0.05) is 18.2 Å². The number of rotatable bonds is 2. The third kappa shape index (κ3) is 1.91. The second-order valence-electron chi connectivity index (χ2n) is 4.20. The van der Waals surface area contributed by atoms with E-state index in [0.29, 0.717) is 5.39 Å². The number of ketones is 1. The van der Waals surface area contributed by atoms with E-state index >= 15 is 0 Å². The molecule has 0 radical (unpaired) electrons. The molecule has 2 aromatic carbocycles. The van der Waals surface area contributed by atoms with Gasteiger partial charge in [0.25, 0.3) is 0 Å². The minimum atomic E-state index is -1.63. The number of hydrogen-bond acceptors (Lipinski definition) is 2. The van der Waals surface area contributed by atoms with Crippen molar-refractivity contribution >= 4 is 27.2 Å². The van der Waals surface area contributed by atoms with E-state index < -0.39 is 28.8 Å². The summed E-state index contributed by atoms with van der Waals surface area (Å²) in [7, 11) is 0.